The SMILES string of the molecule is CCC/C(=N/Nc1cc(Cl)ccc1[N+](=O)[O-])OC. The Kier molecular flexibility index (Phi) is 5.38. The van der Waals surface area contributed by atoms with Crippen LogP contribution in [0.5, 0.6) is 0 Å². The first-order valence-electron chi connectivity index (χ1n) is 5.39. The van der Waals surface area contributed by atoms with Gasteiger partial charge in [0.1, 0.15) is 5.69 Å². The van der Waals surface area contributed by atoms with Crippen molar-refractivity contribution in [1.29, 1.82) is 0 Å². The molecule has 98 valence electrons. The molecule has 1 rings (SSSR count). The molecule has 0 aliphatic heterocycles. The number of nitrogens with one attached hydrogen (secondary N) is 1. The first-order valence-corrected chi connectivity index (χ1v) is 5.76. The lowest BCUT2D eigenvalue weighted by atomic mass is 10.3. The lowest BCUT2D eigenvalue weighted by molar-refractivity contribution is -0.384. The Morgan fingerprint density at radius 3 is 2.89 bits per heavy atom. The number of hydrazone groups is 1. The third-order valence-corrected chi connectivity index (χ3v) is 2.39. The molecular weight excluding hydrogens is 258 g/mol. The highest BCUT2D eigenvalue weighted by atomic mass is 35.5. The van der Waals surface area contributed by atoms with Crippen molar-refractivity contribution in [2.24, 2.45) is 5.10 Å². The number of ether oxygens (including phenoxy) is 1. The van der Waals surface area contributed by atoms with Crippen LogP contribution in [0.15, 0.2) is 23.3 Å². The van der Waals surface area contributed by atoms with Crippen molar-refractivity contribution in [2.75, 3.05) is 12.5 Å². The lowest BCUT2D eigenvalue weighted by Crippen LogP contribution is -2.05. The summed E-state index contributed by atoms with van der Waals surface area (Å²) in [5.74, 6) is 0.478. The van der Waals surface area contributed by atoms with Crippen molar-refractivity contribution in [3.63, 3.8) is 0 Å². The number of hydrogen-bond donors (Lipinski definition) is 1. The fourth-order valence-electron chi connectivity index (χ4n) is 1.30. The number of methoxy groups -OCH3 is 1. The Hall–Kier alpha value is -1.82. The zero-order valence-electron chi connectivity index (χ0n) is 10.1. The molecule has 0 aromatic heterocycles. The lowest BCUT2D eigenvalue weighted by Gasteiger charge is -2.06. The average molecular weight is 272 g/mol. The fourth-order valence-corrected chi connectivity index (χ4v) is 1.47. The highest BCUT2D eigenvalue weighted by Crippen LogP contribution is 2.27. The average Bonchev–Trinajstić information content (AvgIpc) is 2.34. The quantitative estimate of drug-likeness (QED) is 0.385. The zero-order chi connectivity index (χ0) is 13.5. The van der Waals surface area contributed by atoms with Gasteiger partial charge in [-0.15, -0.1) is 5.10 Å². The number of benzene rings is 1. The van der Waals surface area contributed by atoms with E-state index >= 15 is 0 Å². The molecule has 18 heavy (non-hydrogen) atoms. The standard InChI is InChI=1S/C11H14ClN3O3/c1-3-4-11(18-2)14-13-9-7-8(12)5-6-10(9)15(16)17/h5-7,13H,3-4H2,1-2H3/b14-11-. The molecule has 0 saturated carbocycles. The van der Waals surface area contributed by atoms with E-state index in [0.29, 0.717) is 17.3 Å². The molecule has 0 saturated heterocycles. The number of nitro groups is 1. The highest BCUT2D eigenvalue weighted by molar-refractivity contribution is 6.31. The van der Waals surface area contributed by atoms with Gasteiger partial charge in [0.25, 0.3) is 5.69 Å². The van der Waals surface area contributed by atoms with Crippen molar-refractivity contribution in [2.45, 2.75) is 19.8 Å². The molecule has 1 N–H and O–H groups in total. The van der Waals surface area contributed by atoms with Gasteiger partial charge in [-0.1, -0.05) is 18.5 Å². The van der Waals surface area contributed by atoms with Gasteiger partial charge in [0.05, 0.1) is 12.0 Å². The minimum absolute atomic E-state index is 0.0879. The van der Waals surface area contributed by atoms with Crippen molar-refractivity contribution >= 4 is 28.9 Å². The van der Waals surface area contributed by atoms with Gasteiger partial charge in [-0.2, -0.15) is 0 Å². The van der Waals surface area contributed by atoms with E-state index in [9.17, 15) is 10.1 Å². The van der Waals surface area contributed by atoms with Crippen LogP contribution in [0.2, 0.25) is 5.02 Å². The van der Waals surface area contributed by atoms with Gasteiger partial charge in [-0.3, -0.25) is 15.5 Å². The van der Waals surface area contributed by atoms with Gasteiger partial charge < -0.3 is 4.74 Å². The molecule has 1 aromatic carbocycles. The Bertz CT molecular complexity index is 463. The van der Waals surface area contributed by atoms with Gasteiger partial charge in [0, 0.05) is 17.5 Å². The molecule has 1 aromatic rings. The molecule has 0 spiro atoms. The summed E-state index contributed by atoms with van der Waals surface area (Å²) >= 11 is 5.79. The van der Waals surface area contributed by atoms with Crippen LogP contribution in [0.1, 0.15) is 19.8 Å². The zero-order valence-corrected chi connectivity index (χ0v) is 10.9. The van der Waals surface area contributed by atoms with Crippen LogP contribution in [-0.2, 0) is 4.74 Å². The number of hydrogen-bond acceptors (Lipinski definition) is 5. The Labute approximate surface area is 110 Å². The molecule has 7 heteroatoms. The minimum atomic E-state index is -0.500. The second-order valence-corrected chi connectivity index (χ2v) is 3.93. The predicted molar refractivity (Wildman–Crippen MR) is 71.1 cm³/mol. The van der Waals surface area contributed by atoms with E-state index in [4.69, 9.17) is 16.3 Å². The van der Waals surface area contributed by atoms with Gasteiger partial charge in [0.2, 0.25) is 5.90 Å². The van der Waals surface area contributed by atoms with E-state index in [0.717, 1.165) is 6.42 Å². The van der Waals surface area contributed by atoms with Gasteiger partial charge in [-0.25, -0.2) is 0 Å². The third kappa shape index (κ3) is 3.89. The smallest absolute Gasteiger partial charge is 0.294 e. The molecule has 0 fully saturated rings. The number of nitrogens with zero attached hydrogens (tertiary/aromatic N) is 2. The summed E-state index contributed by atoms with van der Waals surface area (Å²) in [4.78, 5) is 10.3. The third-order valence-electron chi connectivity index (χ3n) is 2.16. The maximum absolute atomic E-state index is 10.8. The summed E-state index contributed by atoms with van der Waals surface area (Å²) in [6.45, 7) is 1.98. The number of anilines is 1. The maximum atomic E-state index is 10.8. The summed E-state index contributed by atoms with van der Waals surface area (Å²) in [7, 11) is 1.50. The highest BCUT2D eigenvalue weighted by Gasteiger charge is 2.13. The van der Waals surface area contributed by atoms with Crippen molar-refractivity contribution in [1.82, 2.24) is 0 Å². The minimum Gasteiger partial charge on any atom is -0.483 e. The fraction of sp³-hybridized carbons (Fsp3) is 0.364. The summed E-state index contributed by atoms with van der Waals surface area (Å²) < 4.78 is 5.03. The van der Waals surface area contributed by atoms with Crippen LogP contribution < -0.4 is 5.43 Å². The topological polar surface area (TPSA) is 76.8 Å². The van der Waals surface area contributed by atoms with Crippen LogP contribution in [0.3, 0.4) is 0 Å². The summed E-state index contributed by atoms with van der Waals surface area (Å²) in [5, 5.41) is 15.2. The van der Waals surface area contributed by atoms with Crippen molar-refractivity contribution < 1.29 is 9.66 Å². The molecule has 6 nitrogen and oxygen atoms in total. The number of rotatable bonds is 5. The normalized spacial score (nSPS) is 11.2. The monoisotopic (exact) mass is 271 g/mol. The molecule has 0 heterocycles. The molecule has 0 bridgehead atoms. The van der Waals surface area contributed by atoms with E-state index in [1.54, 1.807) is 0 Å². The number of nitro benzene ring substituents is 1. The number of halogens is 1. The van der Waals surface area contributed by atoms with E-state index in [1.807, 2.05) is 6.92 Å². The summed E-state index contributed by atoms with van der Waals surface area (Å²) in [6, 6.07) is 4.23. The van der Waals surface area contributed by atoms with Crippen LogP contribution >= 0.6 is 11.6 Å². The Morgan fingerprint density at radius 2 is 2.33 bits per heavy atom. The molecular formula is C11H14ClN3O3. The van der Waals surface area contributed by atoms with E-state index in [1.165, 1.54) is 25.3 Å². The van der Waals surface area contributed by atoms with Crippen molar-refractivity contribution in [3.8, 4) is 0 Å². The summed E-state index contributed by atoms with van der Waals surface area (Å²) in [6.07, 6.45) is 1.52. The van der Waals surface area contributed by atoms with Crippen LogP contribution in [-0.4, -0.2) is 17.9 Å². The molecule has 0 aliphatic rings. The molecule has 0 unspecified atom stereocenters. The van der Waals surface area contributed by atoms with Gasteiger partial charge in [-0.05, 0) is 18.6 Å². The molecule has 0 aliphatic carbocycles. The molecule has 0 atom stereocenters. The van der Waals surface area contributed by atoms with Crippen molar-refractivity contribution in [3.05, 3.63) is 33.3 Å². The summed E-state index contributed by atoms with van der Waals surface area (Å²) in [5.41, 5.74) is 2.75. The van der Waals surface area contributed by atoms with Crippen LogP contribution in [0.4, 0.5) is 11.4 Å². The molecule has 0 radical (unpaired) electrons. The van der Waals surface area contributed by atoms with E-state index in [2.05, 4.69) is 10.5 Å². The Balaban J connectivity index is 2.95. The largest absolute Gasteiger partial charge is 0.483 e. The van der Waals surface area contributed by atoms with Crippen LogP contribution in [0.25, 0.3) is 0 Å². The van der Waals surface area contributed by atoms with Gasteiger partial charge in [0.15, 0.2) is 0 Å². The second-order valence-electron chi connectivity index (χ2n) is 3.49. The second kappa shape index (κ2) is 6.80. The van der Waals surface area contributed by atoms with E-state index < -0.39 is 4.92 Å². The maximum Gasteiger partial charge on any atom is 0.294 e. The first kappa shape index (κ1) is 14.2. The first-order chi connectivity index (χ1) is 8.58. The Morgan fingerprint density at radius 1 is 1.61 bits per heavy atom. The molecule has 0 amide bonds. The van der Waals surface area contributed by atoms with Crippen LogP contribution in [0, 0.1) is 10.1 Å². The predicted octanol–water partition coefficient (Wildman–Crippen LogP) is 3.42. The van der Waals surface area contributed by atoms with E-state index in [-0.39, 0.29) is 11.4 Å². The van der Waals surface area contributed by atoms with Gasteiger partial charge >= 0.3 is 0 Å².